The molecule has 5 heteroatoms. The Morgan fingerprint density at radius 2 is 1.80 bits per heavy atom. The van der Waals surface area contributed by atoms with Gasteiger partial charge in [0.2, 0.25) is 10.0 Å². The Hall–Kier alpha value is -0.910. The second kappa shape index (κ2) is 7.76. The molecule has 1 aliphatic heterocycles. The number of rotatable bonds is 3. The van der Waals surface area contributed by atoms with Crippen molar-refractivity contribution in [3.8, 4) is 0 Å². The van der Waals surface area contributed by atoms with E-state index in [0.717, 1.165) is 24.8 Å². The van der Waals surface area contributed by atoms with Crippen LogP contribution in [0.4, 0.5) is 0 Å². The number of piperidine rings is 1. The summed E-state index contributed by atoms with van der Waals surface area (Å²) in [5.74, 6) is 0. The lowest BCUT2D eigenvalue weighted by Gasteiger charge is -2.33. The third-order valence-electron chi connectivity index (χ3n) is 3.41. The van der Waals surface area contributed by atoms with Crippen molar-refractivity contribution in [2.45, 2.75) is 51.0 Å². The van der Waals surface area contributed by atoms with Crippen molar-refractivity contribution >= 4 is 10.0 Å². The van der Waals surface area contributed by atoms with Gasteiger partial charge in [0, 0.05) is 12.6 Å². The average Bonchev–Trinajstić information content (AvgIpc) is 2.49. The molecule has 0 radical (unpaired) electrons. The highest BCUT2D eigenvalue weighted by Gasteiger charge is 2.32. The predicted octanol–water partition coefficient (Wildman–Crippen LogP) is 2.56. The molecule has 20 heavy (non-hydrogen) atoms. The lowest BCUT2D eigenvalue weighted by molar-refractivity contribution is 0.155. The first-order chi connectivity index (χ1) is 9.55. The first kappa shape index (κ1) is 17.1. The van der Waals surface area contributed by atoms with Crippen molar-refractivity contribution < 1.29 is 13.5 Å². The number of sulfonamides is 1. The molecule has 4 nitrogen and oxygen atoms in total. The molecule has 0 bridgehead atoms. The van der Waals surface area contributed by atoms with Crippen LogP contribution >= 0.6 is 0 Å². The first-order valence-electron chi connectivity index (χ1n) is 7.25. The van der Waals surface area contributed by atoms with Gasteiger partial charge in [0.1, 0.15) is 0 Å². The van der Waals surface area contributed by atoms with Crippen LogP contribution in [0.2, 0.25) is 0 Å². The number of nitrogens with zero attached hydrogens (tertiary/aromatic N) is 1. The minimum absolute atomic E-state index is 0.106. The van der Waals surface area contributed by atoms with E-state index in [1.807, 2.05) is 20.8 Å². The lowest BCUT2D eigenvalue weighted by Crippen LogP contribution is -2.45. The summed E-state index contributed by atoms with van der Waals surface area (Å²) in [7, 11) is -3.47. The Bertz CT molecular complexity index is 496. The van der Waals surface area contributed by atoms with Crippen molar-refractivity contribution in [2.24, 2.45) is 0 Å². The van der Waals surface area contributed by atoms with Crippen molar-refractivity contribution in [3.05, 3.63) is 29.8 Å². The molecule has 0 aliphatic carbocycles. The molecular formula is C15H25NO3S. The first-order valence-corrected chi connectivity index (χ1v) is 8.69. The molecule has 2 rings (SSSR count). The third-order valence-corrected chi connectivity index (χ3v) is 5.38. The van der Waals surface area contributed by atoms with Gasteiger partial charge in [0.05, 0.1) is 11.5 Å². The van der Waals surface area contributed by atoms with E-state index in [1.54, 1.807) is 24.3 Å². The standard InChI is InChI=1S/C13H19NO3S.C2H6/c1-11-5-7-13(8-6-11)18(16,17)14-9-3-2-4-12(14)10-15;1-2/h5-8,12,15H,2-4,9-10H2,1H3;1-2H3. The molecular weight excluding hydrogens is 274 g/mol. The van der Waals surface area contributed by atoms with E-state index in [1.165, 1.54) is 4.31 Å². The van der Waals surface area contributed by atoms with Crippen LogP contribution in [0.25, 0.3) is 0 Å². The molecule has 0 saturated carbocycles. The van der Waals surface area contributed by atoms with Crippen LogP contribution in [0.3, 0.4) is 0 Å². The van der Waals surface area contributed by atoms with Crippen LogP contribution in [0.1, 0.15) is 38.7 Å². The van der Waals surface area contributed by atoms with Gasteiger partial charge >= 0.3 is 0 Å². The van der Waals surface area contributed by atoms with E-state index in [0.29, 0.717) is 11.4 Å². The molecule has 1 unspecified atom stereocenters. The van der Waals surface area contributed by atoms with Crippen LogP contribution in [-0.4, -0.2) is 37.0 Å². The minimum Gasteiger partial charge on any atom is -0.395 e. The molecule has 0 spiro atoms. The summed E-state index contributed by atoms with van der Waals surface area (Å²) in [5.41, 5.74) is 1.03. The second-order valence-corrected chi connectivity index (χ2v) is 6.65. The van der Waals surface area contributed by atoms with E-state index < -0.39 is 10.0 Å². The molecule has 1 heterocycles. The summed E-state index contributed by atoms with van der Waals surface area (Å²) in [5, 5.41) is 9.31. The molecule has 1 aromatic rings. The Morgan fingerprint density at radius 3 is 2.35 bits per heavy atom. The third kappa shape index (κ3) is 3.81. The van der Waals surface area contributed by atoms with E-state index >= 15 is 0 Å². The van der Waals surface area contributed by atoms with E-state index in [-0.39, 0.29) is 12.6 Å². The topological polar surface area (TPSA) is 57.6 Å². The Morgan fingerprint density at radius 1 is 1.20 bits per heavy atom. The maximum Gasteiger partial charge on any atom is 0.243 e. The molecule has 1 atom stereocenters. The van der Waals surface area contributed by atoms with Gasteiger partial charge < -0.3 is 5.11 Å². The molecule has 0 aromatic heterocycles. The summed E-state index contributed by atoms with van der Waals surface area (Å²) >= 11 is 0. The number of aliphatic hydroxyl groups is 1. The zero-order chi connectivity index (χ0) is 15.2. The summed E-state index contributed by atoms with van der Waals surface area (Å²) in [6, 6.07) is 6.59. The Balaban J connectivity index is 0.000000956. The molecule has 1 aromatic carbocycles. The van der Waals surface area contributed by atoms with Crippen molar-refractivity contribution in [3.63, 3.8) is 0 Å². The van der Waals surface area contributed by atoms with Gasteiger partial charge in [0.25, 0.3) is 0 Å². The molecule has 1 fully saturated rings. The molecule has 0 amide bonds. The van der Waals surface area contributed by atoms with Crippen LogP contribution in [0, 0.1) is 6.92 Å². The molecule has 1 aliphatic rings. The van der Waals surface area contributed by atoms with Gasteiger partial charge in [0.15, 0.2) is 0 Å². The van der Waals surface area contributed by atoms with Gasteiger partial charge in [-0.05, 0) is 31.9 Å². The lowest BCUT2D eigenvalue weighted by atomic mass is 10.1. The monoisotopic (exact) mass is 299 g/mol. The van der Waals surface area contributed by atoms with Crippen molar-refractivity contribution in [2.75, 3.05) is 13.2 Å². The van der Waals surface area contributed by atoms with Crippen LogP contribution in [0.5, 0.6) is 0 Å². The highest BCUT2D eigenvalue weighted by Crippen LogP contribution is 2.25. The van der Waals surface area contributed by atoms with E-state index in [2.05, 4.69) is 0 Å². The Labute approximate surface area is 122 Å². The summed E-state index contributed by atoms with van der Waals surface area (Å²) < 4.78 is 26.4. The number of aliphatic hydroxyl groups excluding tert-OH is 1. The van der Waals surface area contributed by atoms with Crippen LogP contribution in [-0.2, 0) is 10.0 Å². The fourth-order valence-electron chi connectivity index (χ4n) is 2.32. The fourth-order valence-corrected chi connectivity index (χ4v) is 4.00. The number of benzene rings is 1. The summed E-state index contributed by atoms with van der Waals surface area (Å²) in [6.07, 6.45) is 2.58. The highest BCUT2D eigenvalue weighted by atomic mass is 32.2. The second-order valence-electron chi connectivity index (χ2n) is 4.76. The van der Waals surface area contributed by atoms with E-state index in [9.17, 15) is 13.5 Å². The minimum atomic E-state index is -3.47. The van der Waals surface area contributed by atoms with Crippen LogP contribution < -0.4 is 0 Å². The SMILES string of the molecule is CC.Cc1ccc(S(=O)(=O)N2CCCCC2CO)cc1. The van der Waals surface area contributed by atoms with Gasteiger partial charge in [-0.15, -0.1) is 0 Å². The molecule has 1 saturated heterocycles. The quantitative estimate of drug-likeness (QED) is 0.933. The smallest absolute Gasteiger partial charge is 0.243 e. The van der Waals surface area contributed by atoms with E-state index in [4.69, 9.17) is 0 Å². The largest absolute Gasteiger partial charge is 0.395 e. The zero-order valence-corrected chi connectivity index (χ0v) is 13.4. The fraction of sp³-hybridized carbons (Fsp3) is 0.600. The zero-order valence-electron chi connectivity index (χ0n) is 12.5. The Kier molecular flexibility index (Phi) is 6.65. The highest BCUT2D eigenvalue weighted by molar-refractivity contribution is 7.89. The van der Waals surface area contributed by atoms with Gasteiger partial charge in [-0.3, -0.25) is 0 Å². The number of aryl methyl sites for hydroxylation is 1. The van der Waals surface area contributed by atoms with Crippen LogP contribution in [0.15, 0.2) is 29.2 Å². The number of hydrogen-bond donors (Lipinski definition) is 1. The normalized spacial score (nSPS) is 20.1. The van der Waals surface area contributed by atoms with Gasteiger partial charge in [-0.2, -0.15) is 4.31 Å². The average molecular weight is 299 g/mol. The summed E-state index contributed by atoms with van der Waals surface area (Å²) in [4.78, 5) is 0.313. The number of hydrogen-bond acceptors (Lipinski definition) is 3. The summed E-state index contributed by atoms with van der Waals surface area (Å²) in [6.45, 7) is 6.32. The van der Waals surface area contributed by atoms with Crippen molar-refractivity contribution in [1.82, 2.24) is 4.31 Å². The van der Waals surface area contributed by atoms with Gasteiger partial charge in [-0.1, -0.05) is 38.0 Å². The molecule has 1 N–H and O–H groups in total. The van der Waals surface area contributed by atoms with Gasteiger partial charge in [-0.25, -0.2) is 8.42 Å². The maximum atomic E-state index is 12.5. The van der Waals surface area contributed by atoms with Crippen molar-refractivity contribution in [1.29, 1.82) is 0 Å². The molecule has 114 valence electrons. The predicted molar refractivity (Wildman–Crippen MR) is 81.1 cm³/mol. The maximum absolute atomic E-state index is 12.5.